The van der Waals surface area contributed by atoms with Gasteiger partial charge in [0, 0.05) is 19.1 Å². The molecule has 0 aromatic carbocycles. The predicted octanol–water partition coefficient (Wildman–Crippen LogP) is 2.66. The van der Waals surface area contributed by atoms with Crippen molar-refractivity contribution in [2.24, 2.45) is 0 Å². The zero-order valence-electron chi connectivity index (χ0n) is 10.8. The molecule has 0 aromatic heterocycles. The highest BCUT2D eigenvalue weighted by Gasteiger charge is 2.13. The van der Waals surface area contributed by atoms with E-state index in [0.29, 0.717) is 6.04 Å². The highest BCUT2D eigenvalue weighted by molar-refractivity contribution is 4.79. The molecule has 0 spiro atoms. The molecule has 0 rings (SSSR count). The molecule has 15 heavy (non-hydrogen) atoms. The number of hydrogen-bond donors (Lipinski definition) is 1. The second-order valence-corrected chi connectivity index (χ2v) is 4.05. The molecular weight excluding hydrogens is 184 g/mol. The molecule has 90 valence electrons. The van der Waals surface area contributed by atoms with Crippen molar-refractivity contribution in [1.82, 2.24) is 10.2 Å². The van der Waals surface area contributed by atoms with E-state index in [1.54, 1.807) is 0 Å². The Balaban J connectivity index is 3.99. The third kappa shape index (κ3) is 6.69. The third-order valence-electron chi connectivity index (χ3n) is 2.67. The van der Waals surface area contributed by atoms with E-state index in [9.17, 15) is 0 Å². The van der Waals surface area contributed by atoms with Crippen molar-refractivity contribution in [3.8, 4) is 0 Å². The molecule has 0 aliphatic carbocycles. The molecule has 0 heterocycles. The van der Waals surface area contributed by atoms with Gasteiger partial charge in [-0.1, -0.05) is 26.8 Å². The molecule has 2 heteroatoms. The highest BCUT2D eigenvalue weighted by atomic mass is 15.2. The molecule has 0 fully saturated rings. The lowest BCUT2D eigenvalue weighted by molar-refractivity contribution is 0.206. The first-order chi connectivity index (χ1) is 7.29. The Morgan fingerprint density at radius 3 is 2.47 bits per heavy atom. The molecule has 0 bridgehead atoms. The van der Waals surface area contributed by atoms with Crippen LogP contribution in [0.5, 0.6) is 0 Å². The Morgan fingerprint density at radius 2 is 2.00 bits per heavy atom. The minimum atomic E-state index is 0.662. The molecule has 0 aliphatic rings. The largest absolute Gasteiger partial charge is 0.315 e. The van der Waals surface area contributed by atoms with Gasteiger partial charge in [0.2, 0.25) is 0 Å². The normalized spacial score (nSPS) is 13.1. The molecule has 0 saturated heterocycles. The van der Waals surface area contributed by atoms with Gasteiger partial charge in [-0.2, -0.15) is 0 Å². The summed E-state index contributed by atoms with van der Waals surface area (Å²) in [5, 5.41) is 3.51. The fourth-order valence-electron chi connectivity index (χ4n) is 1.85. The Hall–Kier alpha value is -0.340. The van der Waals surface area contributed by atoms with E-state index in [1.807, 2.05) is 6.08 Å². The zero-order valence-corrected chi connectivity index (χ0v) is 10.8. The molecule has 0 amide bonds. The van der Waals surface area contributed by atoms with Crippen molar-refractivity contribution in [1.29, 1.82) is 0 Å². The molecule has 0 saturated carbocycles. The van der Waals surface area contributed by atoms with Crippen LogP contribution in [0.2, 0.25) is 0 Å². The van der Waals surface area contributed by atoms with Crippen molar-refractivity contribution >= 4 is 0 Å². The second-order valence-electron chi connectivity index (χ2n) is 4.05. The van der Waals surface area contributed by atoms with Crippen molar-refractivity contribution in [2.45, 2.75) is 46.1 Å². The summed E-state index contributed by atoms with van der Waals surface area (Å²) < 4.78 is 0. The maximum absolute atomic E-state index is 3.83. The van der Waals surface area contributed by atoms with E-state index in [0.717, 1.165) is 19.6 Å². The first-order valence-electron chi connectivity index (χ1n) is 6.35. The van der Waals surface area contributed by atoms with Crippen molar-refractivity contribution in [2.75, 3.05) is 26.2 Å². The van der Waals surface area contributed by atoms with E-state index in [1.165, 1.54) is 25.8 Å². The average molecular weight is 212 g/mol. The molecule has 1 unspecified atom stereocenters. The van der Waals surface area contributed by atoms with Gasteiger partial charge in [0.05, 0.1) is 0 Å². The van der Waals surface area contributed by atoms with Crippen LogP contribution >= 0.6 is 0 Å². The smallest absolute Gasteiger partial charge is 0.0221 e. The van der Waals surface area contributed by atoms with Crippen LogP contribution in [0.4, 0.5) is 0 Å². The summed E-state index contributed by atoms with van der Waals surface area (Å²) >= 11 is 0. The van der Waals surface area contributed by atoms with Crippen molar-refractivity contribution < 1.29 is 0 Å². The molecule has 2 nitrogen and oxygen atoms in total. The van der Waals surface area contributed by atoms with Crippen LogP contribution in [-0.4, -0.2) is 37.1 Å². The lowest BCUT2D eigenvalue weighted by atomic mass is 10.1. The van der Waals surface area contributed by atoms with Gasteiger partial charge < -0.3 is 5.32 Å². The molecule has 1 atom stereocenters. The topological polar surface area (TPSA) is 15.3 Å². The second kappa shape index (κ2) is 10.2. The van der Waals surface area contributed by atoms with E-state index >= 15 is 0 Å². The molecule has 1 N–H and O–H groups in total. The first kappa shape index (κ1) is 14.7. The van der Waals surface area contributed by atoms with E-state index in [4.69, 9.17) is 0 Å². The highest BCUT2D eigenvalue weighted by Crippen LogP contribution is 2.04. The Kier molecular flexibility index (Phi) is 9.96. The van der Waals surface area contributed by atoms with Gasteiger partial charge in [-0.3, -0.25) is 4.90 Å². The maximum Gasteiger partial charge on any atom is 0.0221 e. The van der Waals surface area contributed by atoms with Gasteiger partial charge in [0.25, 0.3) is 0 Å². The number of nitrogens with zero attached hydrogens (tertiary/aromatic N) is 1. The van der Waals surface area contributed by atoms with E-state index in [-0.39, 0.29) is 0 Å². The molecule has 0 aliphatic heterocycles. The minimum absolute atomic E-state index is 0.662. The van der Waals surface area contributed by atoms with Crippen LogP contribution < -0.4 is 5.32 Å². The van der Waals surface area contributed by atoms with Gasteiger partial charge in [-0.05, 0) is 32.4 Å². The lowest BCUT2D eigenvalue weighted by Gasteiger charge is -2.30. The van der Waals surface area contributed by atoms with Crippen LogP contribution in [0.25, 0.3) is 0 Å². The quantitative estimate of drug-likeness (QED) is 0.442. The van der Waals surface area contributed by atoms with E-state index in [2.05, 4.69) is 37.6 Å². The first-order valence-corrected chi connectivity index (χ1v) is 6.35. The van der Waals surface area contributed by atoms with Gasteiger partial charge in [0.15, 0.2) is 0 Å². The van der Waals surface area contributed by atoms with Crippen molar-refractivity contribution in [3.63, 3.8) is 0 Å². The van der Waals surface area contributed by atoms with Crippen LogP contribution in [0.3, 0.4) is 0 Å². The third-order valence-corrected chi connectivity index (χ3v) is 2.67. The lowest BCUT2D eigenvalue weighted by Crippen LogP contribution is -2.42. The Labute approximate surface area is 95.7 Å². The Bertz CT molecular complexity index is 145. The van der Waals surface area contributed by atoms with E-state index < -0.39 is 0 Å². The fourth-order valence-corrected chi connectivity index (χ4v) is 1.85. The fraction of sp³-hybridized carbons (Fsp3) is 0.846. The van der Waals surface area contributed by atoms with Gasteiger partial charge in [-0.25, -0.2) is 0 Å². The number of nitrogens with one attached hydrogen (secondary N) is 1. The maximum atomic E-state index is 3.83. The molecular formula is C13H28N2. The van der Waals surface area contributed by atoms with Gasteiger partial charge in [-0.15, -0.1) is 6.58 Å². The monoisotopic (exact) mass is 212 g/mol. The summed E-state index contributed by atoms with van der Waals surface area (Å²) in [6.45, 7) is 15.0. The summed E-state index contributed by atoms with van der Waals surface area (Å²) in [6, 6.07) is 0.662. The number of rotatable bonds is 10. The van der Waals surface area contributed by atoms with Crippen molar-refractivity contribution in [3.05, 3.63) is 12.7 Å². The minimum Gasteiger partial charge on any atom is -0.315 e. The van der Waals surface area contributed by atoms with Crippen LogP contribution in [0.15, 0.2) is 12.7 Å². The summed E-state index contributed by atoms with van der Waals surface area (Å²) in [7, 11) is 0. The molecule has 0 aromatic rings. The SMILES string of the molecule is C=CCN(CCC)C(CC)CNCCC. The van der Waals surface area contributed by atoms with Crippen LogP contribution in [-0.2, 0) is 0 Å². The standard InChI is InChI=1S/C13H28N2/c1-5-9-14-12-13(8-4)15(10-6-2)11-7-3/h6,13-14H,2,5,7-12H2,1,3-4H3. The summed E-state index contributed by atoms with van der Waals surface area (Å²) in [5.74, 6) is 0. The summed E-state index contributed by atoms with van der Waals surface area (Å²) in [5.41, 5.74) is 0. The summed E-state index contributed by atoms with van der Waals surface area (Å²) in [6.07, 6.45) is 5.66. The molecule has 0 radical (unpaired) electrons. The average Bonchev–Trinajstić information content (AvgIpc) is 2.24. The number of hydrogen-bond acceptors (Lipinski definition) is 2. The van der Waals surface area contributed by atoms with Crippen LogP contribution in [0.1, 0.15) is 40.0 Å². The van der Waals surface area contributed by atoms with Crippen LogP contribution in [0, 0.1) is 0 Å². The summed E-state index contributed by atoms with van der Waals surface area (Å²) in [4.78, 5) is 2.52. The van der Waals surface area contributed by atoms with Gasteiger partial charge >= 0.3 is 0 Å². The zero-order chi connectivity index (χ0) is 11.5. The Morgan fingerprint density at radius 1 is 1.27 bits per heavy atom. The predicted molar refractivity (Wildman–Crippen MR) is 69.3 cm³/mol. The van der Waals surface area contributed by atoms with Gasteiger partial charge in [0.1, 0.15) is 0 Å².